The number of aliphatic hydroxyl groups is 5. The van der Waals surface area contributed by atoms with E-state index < -0.39 is 120 Å². The van der Waals surface area contributed by atoms with E-state index in [2.05, 4.69) is 14.6 Å². The lowest BCUT2D eigenvalue weighted by Gasteiger charge is -2.51. The average Bonchev–Trinajstić information content (AvgIpc) is 3.24. The molecule has 18 heteroatoms. The number of hydrogen-bond acceptors (Lipinski definition) is 14. The lowest BCUT2D eigenvalue weighted by molar-refractivity contribution is -0.291. The van der Waals surface area contributed by atoms with Crippen molar-refractivity contribution < 1.29 is 58.5 Å². The summed E-state index contributed by atoms with van der Waals surface area (Å²) in [6.45, 7) is 17.8. The number of carbonyl (C=O) groups excluding carboxylic acids is 2. The second-order valence-electron chi connectivity index (χ2n) is 21.4. The van der Waals surface area contributed by atoms with Crippen LogP contribution in [0.15, 0.2) is 24.3 Å². The minimum absolute atomic E-state index is 0.0160. The number of amidine groups is 1. The second kappa shape index (κ2) is 23.7. The first-order valence-corrected chi connectivity index (χ1v) is 24.8. The van der Waals surface area contributed by atoms with Crippen molar-refractivity contribution >= 4 is 27.0 Å². The van der Waals surface area contributed by atoms with Crippen LogP contribution in [0.5, 0.6) is 0 Å². The maximum atomic E-state index is 14.5. The number of nitrogen functional groups attached to an aromatic ring is 1. The predicted octanol–water partition coefficient (Wildman–Crippen LogP) is 3.14. The molecule has 67 heavy (non-hydrogen) atoms. The molecule has 19 atom stereocenters. The van der Waals surface area contributed by atoms with Crippen molar-refractivity contribution in [2.24, 2.45) is 28.9 Å². The molecule has 0 saturated carbocycles. The van der Waals surface area contributed by atoms with Crippen LogP contribution in [0.1, 0.15) is 112 Å². The van der Waals surface area contributed by atoms with Crippen LogP contribution in [0.2, 0.25) is 0 Å². The van der Waals surface area contributed by atoms with Crippen LogP contribution in [0.3, 0.4) is 0 Å². The van der Waals surface area contributed by atoms with Crippen molar-refractivity contribution in [2.75, 3.05) is 33.9 Å². The topological polar surface area (TPSA) is 241 Å². The van der Waals surface area contributed by atoms with Gasteiger partial charge in [-0.25, -0.2) is 4.39 Å². The number of cyclic esters (lactones) is 1. The third kappa shape index (κ3) is 14.1. The normalized spacial score (nSPS) is 40.0. The summed E-state index contributed by atoms with van der Waals surface area (Å²) < 4.78 is 40.1. The van der Waals surface area contributed by atoms with Gasteiger partial charge < -0.3 is 65.3 Å². The van der Waals surface area contributed by atoms with Gasteiger partial charge in [0, 0.05) is 48.7 Å². The van der Waals surface area contributed by atoms with Gasteiger partial charge in [0.05, 0.1) is 48.1 Å². The number of esters is 1. The van der Waals surface area contributed by atoms with Gasteiger partial charge in [-0.1, -0.05) is 58.9 Å². The Morgan fingerprint density at radius 3 is 2.25 bits per heavy atom. The predicted molar refractivity (Wildman–Crippen MR) is 258 cm³/mol. The first-order chi connectivity index (χ1) is 31.1. The standard InChI is InChI=1S/C49H85FN5O11P/c1-13-36-49(10,62)41(58)29(5)55(12)25-26(2)22-48(9,61)43(40(67)38(28(4)45(60)65-36)35-23-47(7,8)42(59)30(6)64-35)66-46-39(57)34(20-27(3)63-46)54(11)19-18-37(56)53-33(24-50)21-31-14-16-32(17-15-31)44(51)52/h14-17,26-30,33-36,38-43,46,57-59,61-62H,13,18-25,67H2,1-12H3,(H3,51,52)(H,53,56)/t26-,27-,28-,29-,30+,33+,34+,35?,36-,38+,39-,40+,41-,42+,43-,46+,48-,49-/m1/s1. The number of carbonyl (C=O) groups is 2. The Bertz CT molecular complexity index is 1780. The van der Waals surface area contributed by atoms with Crippen LogP contribution in [-0.4, -0.2) is 177 Å². The maximum absolute atomic E-state index is 14.5. The fourth-order valence-electron chi connectivity index (χ4n) is 10.9. The highest BCUT2D eigenvalue weighted by Gasteiger charge is 2.54. The zero-order chi connectivity index (χ0) is 50.5. The van der Waals surface area contributed by atoms with Crippen LogP contribution >= 0.6 is 9.24 Å². The molecular weight excluding hydrogens is 885 g/mol. The summed E-state index contributed by atoms with van der Waals surface area (Å²) in [5, 5.41) is 70.0. The van der Waals surface area contributed by atoms with Crippen LogP contribution in [0.25, 0.3) is 0 Å². The molecule has 3 heterocycles. The molecule has 3 aliphatic heterocycles. The van der Waals surface area contributed by atoms with Gasteiger partial charge in [0.1, 0.15) is 36.4 Å². The number of aliphatic hydroxyl groups excluding tert-OH is 3. The van der Waals surface area contributed by atoms with E-state index in [1.807, 2.05) is 44.5 Å². The lowest BCUT2D eigenvalue weighted by Crippen LogP contribution is -2.61. The second-order valence-corrected chi connectivity index (χ2v) is 22.2. The number of ether oxygens (including phenoxy) is 4. The van der Waals surface area contributed by atoms with Crippen molar-refractivity contribution in [2.45, 2.75) is 198 Å². The van der Waals surface area contributed by atoms with Gasteiger partial charge >= 0.3 is 5.97 Å². The summed E-state index contributed by atoms with van der Waals surface area (Å²) in [4.78, 5) is 31.5. The first-order valence-electron chi connectivity index (χ1n) is 24.2. The first kappa shape index (κ1) is 57.2. The van der Waals surface area contributed by atoms with Crippen LogP contribution in [0, 0.1) is 28.6 Å². The van der Waals surface area contributed by atoms with Gasteiger partial charge in [0.25, 0.3) is 0 Å². The number of hydrogen-bond donors (Lipinski definition) is 8. The van der Waals surface area contributed by atoms with E-state index >= 15 is 0 Å². The summed E-state index contributed by atoms with van der Waals surface area (Å²) in [7, 11) is 6.42. The molecule has 3 saturated heterocycles. The SMILES string of the molecule is CC[C@H]1OC(=O)[C@H](C)[C@@H](C2CC(C)(C)[C@@H](O)[C@H](C)O2)[C@H](P)[C@@H](O[C@@H]2O[C@H](C)C[C@H](N(C)CCC(=O)N[C@H](CF)Cc3ccc(C(=N)N)cc3)[C@H]2O)[C@](C)(O)C[C@@H](C)CN(C)[C@H](C)[C@@H](O)[C@]1(C)O. The van der Waals surface area contributed by atoms with Crippen LogP contribution < -0.4 is 11.1 Å². The van der Waals surface area contributed by atoms with Gasteiger partial charge in [-0.15, -0.1) is 9.24 Å². The smallest absolute Gasteiger partial charge is 0.309 e. The molecule has 1 aromatic carbocycles. The number of halogens is 1. The maximum Gasteiger partial charge on any atom is 0.309 e. The monoisotopic (exact) mass is 970 g/mol. The third-order valence-corrected chi connectivity index (χ3v) is 15.8. The minimum atomic E-state index is -1.82. The molecule has 16 nitrogen and oxygen atoms in total. The molecule has 1 amide bonds. The Balaban J connectivity index is 1.66. The summed E-state index contributed by atoms with van der Waals surface area (Å²) in [6, 6.07) is 4.97. The van der Waals surface area contributed by atoms with E-state index in [0.29, 0.717) is 24.9 Å². The molecule has 4 rings (SSSR count). The molecule has 0 aliphatic carbocycles. The fraction of sp³-hybridized carbons (Fsp3) is 0.816. The van der Waals surface area contributed by atoms with E-state index in [1.54, 1.807) is 65.9 Å². The van der Waals surface area contributed by atoms with Crippen LogP contribution in [0.4, 0.5) is 4.39 Å². The lowest BCUT2D eigenvalue weighted by atomic mass is 9.70. The Labute approximate surface area is 400 Å². The molecule has 0 spiro atoms. The van der Waals surface area contributed by atoms with Crippen molar-refractivity contribution in [3.8, 4) is 0 Å². The van der Waals surface area contributed by atoms with E-state index in [0.717, 1.165) is 5.56 Å². The molecule has 9 N–H and O–H groups in total. The molecule has 384 valence electrons. The summed E-state index contributed by atoms with van der Waals surface area (Å²) in [6.07, 6.45) is -7.13. The summed E-state index contributed by atoms with van der Waals surface area (Å²) in [5.41, 5.74) is 2.04. The Morgan fingerprint density at radius 1 is 1.06 bits per heavy atom. The summed E-state index contributed by atoms with van der Waals surface area (Å²) in [5.74, 6) is -2.94. The zero-order valence-electron chi connectivity index (χ0n) is 42.0. The molecule has 2 unspecified atom stereocenters. The van der Waals surface area contributed by atoms with Gasteiger partial charge in [-0.2, -0.15) is 0 Å². The van der Waals surface area contributed by atoms with Crippen molar-refractivity contribution in [1.82, 2.24) is 15.1 Å². The molecule has 3 aliphatic rings. The summed E-state index contributed by atoms with van der Waals surface area (Å²) >= 11 is 0. The number of likely N-dealkylation sites (N-methyl/N-ethyl adjacent to an activating group) is 2. The number of benzene rings is 1. The number of nitrogens with one attached hydrogen (secondary N) is 2. The molecule has 0 radical (unpaired) electrons. The van der Waals surface area contributed by atoms with Gasteiger partial charge in [0.15, 0.2) is 6.29 Å². The number of alkyl halides is 1. The van der Waals surface area contributed by atoms with Crippen molar-refractivity contribution in [3.05, 3.63) is 35.4 Å². The molecule has 0 bridgehead atoms. The highest BCUT2D eigenvalue weighted by molar-refractivity contribution is 7.17. The number of nitrogens with two attached hydrogens (primary N) is 1. The Morgan fingerprint density at radius 2 is 1.69 bits per heavy atom. The number of rotatable bonds is 13. The highest BCUT2D eigenvalue weighted by atomic mass is 31.0. The molecule has 0 aromatic heterocycles. The number of amides is 1. The van der Waals surface area contributed by atoms with E-state index in [4.69, 9.17) is 30.1 Å². The number of nitrogens with zero attached hydrogens (tertiary/aromatic N) is 2. The molecule has 1 aromatic rings. The Hall–Kier alpha value is -2.41. The molecule has 3 fully saturated rings. The quantitative estimate of drug-likeness (QED) is 0.0614. The Kier molecular flexibility index (Phi) is 20.2. The third-order valence-electron chi connectivity index (χ3n) is 15.0. The average molecular weight is 970 g/mol. The van der Waals surface area contributed by atoms with E-state index in [1.165, 1.54) is 6.92 Å². The largest absolute Gasteiger partial charge is 0.459 e. The van der Waals surface area contributed by atoms with Gasteiger partial charge in [-0.05, 0) is 97.7 Å². The fourth-order valence-corrected chi connectivity index (χ4v) is 11.9. The minimum Gasteiger partial charge on any atom is -0.459 e. The zero-order valence-corrected chi connectivity index (χ0v) is 43.2. The van der Waals surface area contributed by atoms with Crippen molar-refractivity contribution in [1.29, 1.82) is 5.41 Å². The van der Waals surface area contributed by atoms with Crippen LogP contribution in [-0.2, 0) is 35.0 Å². The molecular formula is C49H85FN5O11P. The highest BCUT2D eigenvalue weighted by Crippen LogP contribution is 2.46. The van der Waals surface area contributed by atoms with Gasteiger partial charge in [-0.3, -0.25) is 15.0 Å². The van der Waals surface area contributed by atoms with Crippen molar-refractivity contribution in [3.63, 3.8) is 0 Å². The van der Waals surface area contributed by atoms with E-state index in [-0.39, 0.29) is 49.9 Å². The van der Waals surface area contributed by atoms with E-state index in [9.17, 15) is 39.5 Å². The van der Waals surface area contributed by atoms with Gasteiger partial charge in [0.2, 0.25) is 5.91 Å².